The smallest absolute Gasteiger partial charge is 0.318 e. The summed E-state index contributed by atoms with van der Waals surface area (Å²) in [6.07, 6.45) is 6.55. The Morgan fingerprint density at radius 2 is 1.81 bits per heavy atom. The first-order chi connectivity index (χ1) is 13.0. The first-order valence-electron chi connectivity index (χ1n) is 8.79. The molecule has 1 aromatic carbocycles. The SMILES string of the molecule is COc1nccc(NS(=O)(=O)c2ccc(NC(=O)C3CCCCC3)cc2)n1. The van der Waals surface area contributed by atoms with Crippen LogP contribution in [0.4, 0.5) is 11.5 Å². The minimum Gasteiger partial charge on any atom is -0.467 e. The van der Waals surface area contributed by atoms with Crippen molar-refractivity contribution in [3.8, 4) is 6.01 Å². The van der Waals surface area contributed by atoms with Gasteiger partial charge >= 0.3 is 6.01 Å². The van der Waals surface area contributed by atoms with Crippen LogP contribution in [0.2, 0.25) is 0 Å². The van der Waals surface area contributed by atoms with E-state index in [1.54, 1.807) is 12.1 Å². The number of amides is 1. The molecule has 0 saturated heterocycles. The number of hydrogen-bond donors (Lipinski definition) is 2. The second-order valence-electron chi connectivity index (χ2n) is 6.38. The Morgan fingerprint density at radius 3 is 2.48 bits per heavy atom. The van der Waals surface area contributed by atoms with Crippen molar-refractivity contribution in [2.45, 2.75) is 37.0 Å². The Bertz CT molecular complexity index is 894. The minimum atomic E-state index is -3.81. The molecule has 1 aromatic heterocycles. The molecule has 9 heteroatoms. The maximum absolute atomic E-state index is 12.5. The molecular weight excluding hydrogens is 368 g/mol. The van der Waals surface area contributed by atoms with E-state index in [0.717, 1.165) is 25.7 Å². The number of carbonyl (C=O) groups excluding carboxylic acids is 1. The van der Waals surface area contributed by atoms with E-state index in [0.29, 0.717) is 5.69 Å². The van der Waals surface area contributed by atoms with Gasteiger partial charge in [0.2, 0.25) is 5.91 Å². The van der Waals surface area contributed by atoms with Gasteiger partial charge in [-0.05, 0) is 37.1 Å². The Kier molecular flexibility index (Phi) is 5.90. The highest BCUT2D eigenvalue weighted by molar-refractivity contribution is 7.92. The molecule has 1 fully saturated rings. The zero-order valence-electron chi connectivity index (χ0n) is 15.0. The van der Waals surface area contributed by atoms with Crippen LogP contribution in [0.3, 0.4) is 0 Å². The van der Waals surface area contributed by atoms with Crippen molar-refractivity contribution in [3.05, 3.63) is 36.5 Å². The Hall–Kier alpha value is -2.68. The molecule has 3 rings (SSSR count). The van der Waals surface area contributed by atoms with E-state index in [9.17, 15) is 13.2 Å². The molecule has 8 nitrogen and oxygen atoms in total. The van der Waals surface area contributed by atoms with Crippen molar-refractivity contribution in [3.63, 3.8) is 0 Å². The van der Waals surface area contributed by atoms with Crippen LogP contribution < -0.4 is 14.8 Å². The molecule has 27 heavy (non-hydrogen) atoms. The topological polar surface area (TPSA) is 110 Å². The number of anilines is 2. The summed E-state index contributed by atoms with van der Waals surface area (Å²) in [5, 5.41) is 2.86. The van der Waals surface area contributed by atoms with Gasteiger partial charge in [0.05, 0.1) is 12.0 Å². The Balaban J connectivity index is 1.67. The molecule has 1 aliphatic rings. The monoisotopic (exact) mass is 390 g/mol. The van der Waals surface area contributed by atoms with Crippen LogP contribution in [0.5, 0.6) is 6.01 Å². The molecule has 2 N–H and O–H groups in total. The van der Waals surface area contributed by atoms with Gasteiger partial charge in [0.1, 0.15) is 5.82 Å². The van der Waals surface area contributed by atoms with E-state index >= 15 is 0 Å². The summed E-state index contributed by atoms with van der Waals surface area (Å²) in [5.41, 5.74) is 0.577. The molecule has 0 aliphatic heterocycles. The lowest BCUT2D eigenvalue weighted by Gasteiger charge is -2.20. The van der Waals surface area contributed by atoms with Gasteiger partial charge < -0.3 is 10.1 Å². The predicted octanol–water partition coefficient (Wildman–Crippen LogP) is 2.80. The summed E-state index contributed by atoms with van der Waals surface area (Å²) in [5.74, 6) is 0.143. The number of carbonyl (C=O) groups is 1. The summed E-state index contributed by atoms with van der Waals surface area (Å²) >= 11 is 0. The van der Waals surface area contributed by atoms with Crippen LogP contribution in [0.25, 0.3) is 0 Å². The number of aromatic nitrogens is 2. The number of sulfonamides is 1. The lowest BCUT2D eigenvalue weighted by Crippen LogP contribution is -2.24. The van der Waals surface area contributed by atoms with Gasteiger partial charge in [-0.3, -0.25) is 9.52 Å². The van der Waals surface area contributed by atoms with Crippen molar-refractivity contribution < 1.29 is 17.9 Å². The number of benzene rings is 1. The average Bonchev–Trinajstić information content (AvgIpc) is 2.69. The van der Waals surface area contributed by atoms with Gasteiger partial charge in [0.15, 0.2) is 0 Å². The fourth-order valence-electron chi connectivity index (χ4n) is 3.02. The molecule has 0 bridgehead atoms. The van der Waals surface area contributed by atoms with E-state index in [-0.39, 0.29) is 28.5 Å². The molecule has 2 aromatic rings. The van der Waals surface area contributed by atoms with Crippen LogP contribution in [0.1, 0.15) is 32.1 Å². The maximum atomic E-state index is 12.5. The quantitative estimate of drug-likeness (QED) is 0.785. The van der Waals surface area contributed by atoms with Crippen molar-refractivity contribution in [1.82, 2.24) is 9.97 Å². The van der Waals surface area contributed by atoms with Gasteiger partial charge in [-0.15, -0.1) is 0 Å². The van der Waals surface area contributed by atoms with Crippen LogP contribution >= 0.6 is 0 Å². The van der Waals surface area contributed by atoms with E-state index in [1.165, 1.54) is 37.9 Å². The van der Waals surface area contributed by atoms with Gasteiger partial charge in [0, 0.05) is 23.9 Å². The number of hydrogen-bond acceptors (Lipinski definition) is 6. The van der Waals surface area contributed by atoms with Crippen molar-refractivity contribution in [1.29, 1.82) is 0 Å². The van der Waals surface area contributed by atoms with E-state index in [1.807, 2.05) is 0 Å². The third-order valence-corrected chi connectivity index (χ3v) is 5.83. The standard InChI is InChI=1S/C18H22N4O4S/c1-26-18-19-12-11-16(21-18)22-27(24,25)15-9-7-14(8-10-15)20-17(23)13-5-3-2-4-6-13/h7-13H,2-6H2,1H3,(H,20,23)(H,19,21,22). The molecular formula is C18H22N4O4S. The molecule has 144 valence electrons. The van der Waals surface area contributed by atoms with Crippen molar-refractivity contribution in [2.75, 3.05) is 17.1 Å². The van der Waals surface area contributed by atoms with Gasteiger partial charge in [-0.25, -0.2) is 13.4 Å². The summed E-state index contributed by atoms with van der Waals surface area (Å²) in [4.78, 5) is 20.1. The molecule has 1 aliphatic carbocycles. The molecule has 1 heterocycles. The Labute approximate surface area is 158 Å². The lowest BCUT2D eigenvalue weighted by atomic mass is 9.88. The third kappa shape index (κ3) is 4.94. The number of nitrogens with zero attached hydrogens (tertiary/aromatic N) is 2. The second kappa shape index (κ2) is 8.34. The number of nitrogens with one attached hydrogen (secondary N) is 2. The molecule has 0 atom stereocenters. The fourth-order valence-corrected chi connectivity index (χ4v) is 4.02. The summed E-state index contributed by atoms with van der Waals surface area (Å²) in [6.45, 7) is 0. The first-order valence-corrected chi connectivity index (χ1v) is 10.3. The highest BCUT2D eigenvalue weighted by Crippen LogP contribution is 2.25. The fraction of sp³-hybridized carbons (Fsp3) is 0.389. The molecule has 0 radical (unpaired) electrons. The largest absolute Gasteiger partial charge is 0.467 e. The highest BCUT2D eigenvalue weighted by atomic mass is 32.2. The summed E-state index contributed by atoms with van der Waals surface area (Å²) in [7, 11) is -2.42. The second-order valence-corrected chi connectivity index (χ2v) is 8.07. The summed E-state index contributed by atoms with van der Waals surface area (Å²) in [6, 6.07) is 7.54. The minimum absolute atomic E-state index is 0.00323. The van der Waals surface area contributed by atoms with Gasteiger partial charge in [0.25, 0.3) is 10.0 Å². The van der Waals surface area contributed by atoms with Crippen LogP contribution in [-0.4, -0.2) is 31.4 Å². The van der Waals surface area contributed by atoms with Crippen molar-refractivity contribution >= 4 is 27.4 Å². The van der Waals surface area contributed by atoms with Crippen LogP contribution in [-0.2, 0) is 14.8 Å². The number of methoxy groups -OCH3 is 1. The lowest BCUT2D eigenvalue weighted by molar-refractivity contribution is -0.120. The normalized spacial score (nSPS) is 15.1. The molecule has 0 unspecified atom stereocenters. The first kappa shape index (κ1) is 19.1. The van der Waals surface area contributed by atoms with Crippen LogP contribution in [0.15, 0.2) is 41.4 Å². The summed E-state index contributed by atoms with van der Waals surface area (Å²) < 4.78 is 32.2. The molecule has 0 spiro atoms. The number of rotatable bonds is 6. The average molecular weight is 390 g/mol. The zero-order chi connectivity index (χ0) is 19.3. The zero-order valence-corrected chi connectivity index (χ0v) is 15.8. The number of ether oxygens (including phenoxy) is 1. The van der Waals surface area contributed by atoms with Crippen LogP contribution in [0, 0.1) is 5.92 Å². The van der Waals surface area contributed by atoms with Crippen molar-refractivity contribution in [2.24, 2.45) is 5.92 Å². The molecule has 1 amide bonds. The van der Waals surface area contributed by atoms with Gasteiger partial charge in [-0.2, -0.15) is 4.98 Å². The predicted molar refractivity (Wildman–Crippen MR) is 101 cm³/mol. The molecule has 1 saturated carbocycles. The van der Waals surface area contributed by atoms with E-state index in [4.69, 9.17) is 4.74 Å². The Morgan fingerprint density at radius 1 is 1.11 bits per heavy atom. The van der Waals surface area contributed by atoms with E-state index < -0.39 is 10.0 Å². The third-order valence-electron chi connectivity index (χ3n) is 4.46. The van der Waals surface area contributed by atoms with E-state index in [2.05, 4.69) is 20.0 Å². The maximum Gasteiger partial charge on any atom is 0.318 e. The van der Waals surface area contributed by atoms with Gasteiger partial charge in [-0.1, -0.05) is 19.3 Å². The highest BCUT2D eigenvalue weighted by Gasteiger charge is 2.21.